The average Bonchev–Trinajstić information content (AvgIpc) is 3.95. The van der Waals surface area contributed by atoms with E-state index in [1.165, 1.54) is 66.6 Å². The first-order chi connectivity index (χ1) is 29.7. The van der Waals surface area contributed by atoms with Gasteiger partial charge in [-0.15, -0.1) is 11.3 Å². The van der Waals surface area contributed by atoms with Crippen molar-refractivity contribution in [1.29, 1.82) is 0 Å². The van der Waals surface area contributed by atoms with Crippen LogP contribution in [0.3, 0.4) is 0 Å². The molecule has 0 saturated heterocycles. The number of fused-ring (bicyclic) bond motifs is 12. The van der Waals surface area contributed by atoms with Gasteiger partial charge >= 0.3 is 0 Å². The number of benzene rings is 8. The number of nitrogens with zero attached hydrogens (tertiary/aromatic N) is 3. The molecule has 0 unspecified atom stereocenters. The van der Waals surface area contributed by atoms with E-state index >= 15 is 0 Å². The quantitative estimate of drug-likeness (QED) is 0.179. The molecule has 0 N–H and O–H groups in total. The summed E-state index contributed by atoms with van der Waals surface area (Å²) in [7, 11) is 0. The smallest absolute Gasteiger partial charge is 0.162 e. The Bertz CT molecular complexity index is 3840. The van der Waals surface area contributed by atoms with Gasteiger partial charge in [0.15, 0.2) is 5.82 Å². The predicted molar refractivity (Wildman–Crippen MR) is 258 cm³/mol. The van der Waals surface area contributed by atoms with Gasteiger partial charge < -0.3 is 8.98 Å². The molecule has 0 atom stereocenters. The number of hydrogen-bond donors (Lipinski definition) is 0. The third-order valence-electron chi connectivity index (χ3n) is 13.9. The lowest BCUT2D eigenvalue weighted by Gasteiger charge is -2.42. The Morgan fingerprint density at radius 1 is 0.525 bits per heavy atom. The van der Waals surface area contributed by atoms with Crippen LogP contribution >= 0.6 is 11.3 Å². The van der Waals surface area contributed by atoms with Gasteiger partial charge in [0.2, 0.25) is 0 Å². The van der Waals surface area contributed by atoms with Crippen LogP contribution in [0, 0.1) is 0 Å². The summed E-state index contributed by atoms with van der Waals surface area (Å²) in [6.45, 7) is 9.70. The van der Waals surface area contributed by atoms with Crippen LogP contribution in [0.25, 0.3) is 114 Å². The molecule has 0 amide bonds. The van der Waals surface area contributed by atoms with E-state index in [1.807, 2.05) is 12.1 Å². The first kappa shape index (κ1) is 35.0. The van der Waals surface area contributed by atoms with E-state index in [0.29, 0.717) is 5.82 Å². The SMILES string of the molecule is CC1(C)CCC(C)(C)c2cc3c(cc21)c1cc2ccccc2cc1n3-c1cccc2c(-c3nc(-c4ccc5c(c4)oc4ccccc45)c4c(n3)sc3ccccc34)cccc12. The fraction of sp³-hybridized carbons (Fsp3) is 0.143. The molecule has 0 bridgehead atoms. The summed E-state index contributed by atoms with van der Waals surface area (Å²) in [4.78, 5) is 11.9. The van der Waals surface area contributed by atoms with Gasteiger partial charge in [-0.05, 0) is 106 Å². The molecular weight excluding hydrogens is 763 g/mol. The zero-order chi connectivity index (χ0) is 40.8. The Morgan fingerprint density at radius 3 is 2.03 bits per heavy atom. The maximum absolute atomic E-state index is 6.41. The van der Waals surface area contributed by atoms with Crippen LogP contribution in [0.1, 0.15) is 51.7 Å². The number of thiophene rings is 1. The van der Waals surface area contributed by atoms with Crippen LogP contribution in [-0.4, -0.2) is 14.5 Å². The maximum atomic E-state index is 6.41. The molecule has 1 aliphatic rings. The third kappa shape index (κ3) is 5.04. The first-order valence-corrected chi connectivity index (χ1v) is 22.2. The number of furan rings is 1. The highest BCUT2D eigenvalue weighted by molar-refractivity contribution is 7.25. The summed E-state index contributed by atoms with van der Waals surface area (Å²) in [5.41, 5.74) is 11.4. The van der Waals surface area contributed by atoms with Crippen molar-refractivity contribution in [3.8, 4) is 28.3 Å². The summed E-state index contributed by atoms with van der Waals surface area (Å²) in [5.74, 6) is 0.716. The Kier molecular flexibility index (Phi) is 7.10. The van der Waals surface area contributed by atoms with Gasteiger partial charge in [-0.25, -0.2) is 9.97 Å². The topological polar surface area (TPSA) is 43.9 Å². The van der Waals surface area contributed by atoms with Crippen molar-refractivity contribution < 1.29 is 4.42 Å². The zero-order valence-electron chi connectivity index (χ0n) is 34.5. The van der Waals surface area contributed by atoms with Crippen molar-refractivity contribution in [2.45, 2.75) is 51.4 Å². The maximum Gasteiger partial charge on any atom is 0.162 e. The summed E-state index contributed by atoms with van der Waals surface area (Å²) in [5, 5.41) is 11.8. The molecule has 292 valence electrons. The fourth-order valence-electron chi connectivity index (χ4n) is 10.5. The van der Waals surface area contributed by atoms with E-state index in [9.17, 15) is 0 Å². The first-order valence-electron chi connectivity index (χ1n) is 21.4. The van der Waals surface area contributed by atoms with Crippen LogP contribution in [-0.2, 0) is 10.8 Å². The minimum absolute atomic E-state index is 0.0756. The average molecular weight is 804 g/mol. The number of hydrogen-bond acceptors (Lipinski definition) is 4. The Morgan fingerprint density at radius 2 is 1.18 bits per heavy atom. The van der Waals surface area contributed by atoms with Crippen molar-refractivity contribution in [2.75, 3.05) is 0 Å². The molecule has 0 aliphatic heterocycles. The minimum Gasteiger partial charge on any atom is -0.456 e. The van der Waals surface area contributed by atoms with Crippen LogP contribution in [0.4, 0.5) is 0 Å². The van der Waals surface area contributed by atoms with E-state index < -0.39 is 0 Å². The minimum atomic E-state index is 0.0756. The van der Waals surface area contributed by atoms with E-state index in [2.05, 4.69) is 172 Å². The van der Waals surface area contributed by atoms with Crippen molar-refractivity contribution in [2.24, 2.45) is 0 Å². The van der Waals surface area contributed by atoms with Gasteiger partial charge in [0.25, 0.3) is 0 Å². The predicted octanol–water partition coefficient (Wildman–Crippen LogP) is 15.8. The lowest BCUT2D eigenvalue weighted by molar-refractivity contribution is 0.332. The van der Waals surface area contributed by atoms with Gasteiger partial charge in [0.05, 0.1) is 22.4 Å². The number of aromatic nitrogens is 3. The Balaban J connectivity index is 1.08. The lowest BCUT2D eigenvalue weighted by Crippen LogP contribution is -2.33. The molecule has 5 heteroatoms. The molecule has 0 fully saturated rings. The molecule has 61 heavy (non-hydrogen) atoms. The van der Waals surface area contributed by atoms with Gasteiger partial charge in [-0.1, -0.05) is 125 Å². The van der Waals surface area contributed by atoms with Crippen molar-refractivity contribution in [3.05, 3.63) is 163 Å². The van der Waals surface area contributed by atoms with Crippen molar-refractivity contribution >= 4 is 96.9 Å². The summed E-state index contributed by atoms with van der Waals surface area (Å²) >= 11 is 1.73. The molecule has 8 aromatic carbocycles. The zero-order valence-corrected chi connectivity index (χ0v) is 35.3. The normalized spacial score (nSPS) is 15.0. The number of para-hydroxylation sites is 1. The molecule has 4 aromatic heterocycles. The molecule has 1 aliphatic carbocycles. The van der Waals surface area contributed by atoms with Crippen LogP contribution in [0.5, 0.6) is 0 Å². The molecule has 0 spiro atoms. The van der Waals surface area contributed by atoms with Crippen LogP contribution in [0.15, 0.2) is 156 Å². The van der Waals surface area contributed by atoms with Gasteiger partial charge in [0.1, 0.15) is 16.0 Å². The Labute approximate surface area is 356 Å². The highest BCUT2D eigenvalue weighted by Gasteiger charge is 2.38. The fourth-order valence-corrected chi connectivity index (χ4v) is 11.6. The molecule has 0 radical (unpaired) electrons. The summed E-state index contributed by atoms with van der Waals surface area (Å²) in [6.07, 6.45) is 2.34. The third-order valence-corrected chi connectivity index (χ3v) is 14.9. The molecule has 13 rings (SSSR count). The second kappa shape index (κ2) is 12.4. The van der Waals surface area contributed by atoms with Gasteiger partial charge in [-0.3, -0.25) is 0 Å². The Hall–Kier alpha value is -6.82. The van der Waals surface area contributed by atoms with E-state index in [0.717, 1.165) is 65.4 Å². The monoisotopic (exact) mass is 803 g/mol. The molecular formula is C56H41N3OS. The van der Waals surface area contributed by atoms with Crippen LogP contribution < -0.4 is 0 Å². The highest BCUT2D eigenvalue weighted by Crippen LogP contribution is 2.50. The molecule has 4 heterocycles. The second-order valence-electron chi connectivity index (χ2n) is 18.4. The molecule has 4 nitrogen and oxygen atoms in total. The van der Waals surface area contributed by atoms with Gasteiger partial charge in [-0.2, -0.15) is 0 Å². The van der Waals surface area contributed by atoms with Crippen LogP contribution in [0.2, 0.25) is 0 Å². The lowest BCUT2D eigenvalue weighted by atomic mass is 9.63. The molecule has 12 aromatic rings. The summed E-state index contributed by atoms with van der Waals surface area (Å²) < 4.78 is 10.1. The highest BCUT2D eigenvalue weighted by atomic mass is 32.1. The van der Waals surface area contributed by atoms with E-state index in [-0.39, 0.29) is 10.8 Å². The summed E-state index contributed by atoms with van der Waals surface area (Å²) in [6, 6.07) is 55.4. The van der Waals surface area contributed by atoms with Crippen molar-refractivity contribution in [3.63, 3.8) is 0 Å². The van der Waals surface area contributed by atoms with E-state index in [1.54, 1.807) is 11.3 Å². The molecule has 0 saturated carbocycles. The van der Waals surface area contributed by atoms with E-state index in [4.69, 9.17) is 14.4 Å². The second-order valence-corrected chi connectivity index (χ2v) is 19.4. The standard InChI is InChI=1S/C56H41N3OS/c1-55(2)25-26-56(3,4)44-31-47-42(30-43(44)55)41-27-32-13-5-6-14-33(32)28-46(41)59(47)45-20-12-17-35-36(45)18-11-19-39(35)53-57-52(51-40-16-8-10-22-50(40)61-54(51)58-53)34-23-24-38-37-15-7-9-21-48(37)60-49(38)29-34/h5-24,27-31H,25-26H2,1-4H3. The van der Waals surface area contributed by atoms with Crippen molar-refractivity contribution in [1.82, 2.24) is 14.5 Å². The largest absolute Gasteiger partial charge is 0.456 e. The number of rotatable bonds is 3. The van der Waals surface area contributed by atoms with Gasteiger partial charge in [0, 0.05) is 53.5 Å².